The highest BCUT2D eigenvalue weighted by atomic mass is 31.1. The van der Waals surface area contributed by atoms with E-state index in [-0.39, 0.29) is 32.7 Å². The molecule has 3 rings (SSSR count). The fourth-order valence-corrected chi connectivity index (χ4v) is 13.1. The molecule has 152 valence electrons. The van der Waals surface area contributed by atoms with Crippen molar-refractivity contribution in [2.75, 3.05) is 0 Å². The first-order valence-electron chi connectivity index (χ1n) is 10.9. The van der Waals surface area contributed by atoms with Crippen LogP contribution >= 0.6 is 15.8 Å². The molecule has 6 radical (unpaired) electrons. The lowest BCUT2D eigenvalue weighted by Gasteiger charge is -2.54. The number of hydrogen-bond donors (Lipinski definition) is 0. The van der Waals surface area contributed by atoms with E-state index in [0.29, 0.717) is 0 Å². The van der Waals surface area contributed by atoms with Gasteiger partial charge in [-0.05, 0) is 69.8 Å². The third kappa shape index (κ3) is 4.75. The topological polar surface area (TPSA) is 0 Å². The maximum Gasteiger partial charge on any atom is 0 e. The highest BCUT2D eigenvalue weighted by molar-refractivity contribution is 7.74. The van der Waals surface area contributed by atoms with Crippen LogP contribution in [0.5, 0.6) is 0 Å². The molecule has 4 atom stereocenters. The third-order valence-corrected chi connectivity index (χ3v) is 15.1. The maximum absolute atomic E-state index is 2.54. The Balaban J connectivity index is 0.00000196. The Hall–Kier alpha value is 0.210. The van der Waals surface area contributed by atoms with E-state index in [0.717, 1.165) is 46.3 Å². The Morgan fingerprint density at radius 2 is 0.821 bits per heavy atom. The molecular formula is C24H40B2P2. The first-order chi connectivity index (χ1) is 12.2. The lowest BCUT2D eigenvalue weighted by Crippen LogP contribution is -2.48. The second-order valence-electron chi connectivity index (χ2n) is 10.0. The number of hydrogen-bond acceptors (Lipinski definition) is 0. The van der Waals surface area contributed by atoms with Crippen LogP contribution in [0.1, 0.15) is 68.2 Å². The standard InChI is InChI=1S/C24H40P2.2B/c1-15(2)21-13-22(16(3)4)25(21)19-11-9-10-12-20(19)26-23(17(5)6)14-24(26)18(7)8;;/h9-12,15-18,21-24H,13-14H2,1-8H3;;/t21-,22-,23-,24-;;/m0../s1. The molecule has 1 aromatic carbocycles. The van der Waals surface area contributed by atoms with Gasteiger partial charge in [0.2, 0.25) is 0 Å². The molecule has 2 fully saturated rings. The molecule has 2 heterocycles. The van der Waals surface area contributed by atoms with E-state index >= 15 is 0 Å². The van der Waals surface area contributed by atoms with Crippen LogP contribution in [0.15, 0.2) is 24.3 Å². The van der Waals surface area contributed by atoms with Gasteiger partial charge in [-0.1, -0.05) is 95.5 Å². The molecule has 0 aromatic heterocycles. The van der Waals surface area contributed by atoms with Gasteiger partial charge < -0.3 is 0 Å². The molecule has 1 aromatic rings. The van der Waals surface area contributed by atoms with Gasteiger partial charge in [0.1, 0.15) is 0 Å². The van der Waals surface area contributed by atoms with E-state index in [4.69, 9.17) is 0 Å². The van der Waals surface area contributed by atoms with E-state index in [2.05, 4.69) is 79.7 Å². The highest BCUT2D eigenvalue weighted by Gasteiger charge is 2.49. The van der Waals surface area contributed by atoms with E-state index in [9.17, 15) is 0 Å². The second kappa shape index (κ2) is 10.5. The van der Waals surface area contributed by atoms with Gasteiger partial charge in [-0.25, -0.2) is 0 Å². The lowest BCUT2D eigenvalue weighted by molar-refractivity contribution is 0.447. The van der Waals surface area contributed by atoms with Gasteiger partial charge in [-0.3, -0.25) is 0 Å². The van der Waals surface area contributed by atoms with Gasteiger partial charge in [0, 0.05) is 16.8 Å². The fraction of sp³-hybridized carbons (Fsp3) is 0.750. The van der Waals surface area contributed by atoms with Gasteiger partial charge in [0.15, 0.2) is 0 Å². The molecule has 2 saturated heterocycles. The van der Waals surface area contributed by atoms with Crippen molar-refractivity contribution in [3.8, 4) is 0 Å². The van der Waals surface area contributed by atoms with Crippen molar-refractivity contribution in [1.82, 2.24) is 0 Å². The first-order valence-corrected chi connectivity index (χ1v) is 13.9. The Morgan fingerprint density at radius 3 is 1.04 bits per heavy atom. The predicted octanol–water partition coefficient (Wildman–Crippen LogP) is 6.05. The minimum Gasteiger partial charge on any atom is -0.0677 e. The lowest BCUT2D eigenvalue weighted by atomic mass is 9.98. The van der Waals surface area contributed by atoms with Gasteiger partial charge in [-0.15, -0.1) is 0 Å². The monoisotopic (exact) mass is 412 g/mol. The van der Waals surface area contributed by atoms with Crippen LogP contribution < -0.4 is 10.6 Å². The smallest absolute Gasteiger partial charge is 0 e. The van der Waals surface area contributed by atoms with E-state index in [1.54, 1.807) is 0 Å². The summed E-state index contributed by atoms with van der Waals surface area (Å²) < 4.78 is 0. The Bertz CT molecular complexity index is 533. The van der Waals surface area contributed by atoms with Crippen LogP contribution in [0.25, 0.3) is 0 Å². The molecule has 4 heteroatoms. The Labute approximate surface area is 182 Å². The third-order valence-electron chi connectivity index (χ3n) is 6.91. The molecule has 0 N–H and O–H groups in total. The molecule has 2 aliphatic heterocycles. The fourth-order valence-electron chi connectivity index (χ4n) is 5.15. The minimum atomic E-state index is 0. The molecule has 0 amide bonds. The molecule has 0 aliphatic carbocycles. The minimum absolute atomic E-state index is 0. The summed E-state index contributed by atoms with van der Waals surface area (Å²) in [5, 5.41) is 3.63. The molecule has 0 bridgehead atoms. The van der Waals surface area contributed by atoms with Gasteiger partial charge in [0.25, 0.3) is 0 Å². The first kappa shape index (κ1) is 26.2. The van der Waals surface area contributed by atoms with Crippen molar-refractivity contribution >= 4 is 43.3 Å². The molecular weight excluding hydrogens is 372 g/mol. The largest absolute Gasteiger partial charge is 0.0677 e. The van der Waals surface area contributed by atoms with E-state index in [1.807, 2.05) is 10.6 Å². The summed E-state index contributed by atoms with van der Waals surface area (Å²) >= 11 is 0. The zero-order valence-electron chi connectivity index (χ0n) is 19.4. The van der Waals surface area contributed by atoms with Crippen LogP contribution in [0.2, 0.25) is 0 Å². The van der Waals surface area contributed by atoms with Gasteiger partial charge in [-0.2, -0.15) is 0 Å². The summed E-state index contributed by atoms with van der Waals surface area (Å²) in [5.74, 6) is 3.33. The summed E-state index contributed by atoms with van der Waals surface area (Å²) in [7, 11) is 0.0316. The summed E-state index contributed by atoms with van der Waals surface area (Å²) in [6.07, 6.45) is 2.93. The molecule has 0 saturated carbocycles. The second-order valence-corrected chi connectivity index (χ2v) is 15.3. The molecule has 28 heavy (non-hydrogen) atoms. The van der Waals surface area contributed by atoms with E-state index in [1.165, 1.54) is 12.8 Å². The van der Waals surface area contributed by atoms with Gasteiger partial charge in [0.05, 0.1) is 0 Å². The van der Waals surface area contributed by atoms with Crippen molar-refractivity contribution in [1.29, 1.82) is 0 Å². The Morgan fingerprint density at radius 1 is 0.571 bits per heavy atom. The SMILES string of the molecule is CC(C)[C@@H]1C[C@@H](C(C)C)P1c1ccccc1P1[C@H](C(C)C)C[C@H]1C(C)C.[B].[B]. The van der Waals surface area contributed by atoms with Gasteiger partial charge >= 0.3 is 0 Å². The van der Waals surface area contributed by atoms with Crippen molar-refractivity contribution in [3.63, 3.8) is 0 Å². The summed E-state index contributed by atoms with van der Waals surface area (Å²) in [4.78, 5) is 0. The van der Waals surface area contributed by atoms with Crippen molar-refractivity contribution < 1.29 is 0 Å². The summed E-state index contributed by atoms with van der Waals surface area (Å²) in [5.41, 5.74) is 3.80. The van der Waals surface area contributed by atoms with Crippen LogP contribution in [-0.4, -0.2) is 39.5 Å². The zero-order chi connectivity index (χ0) is 19.2. The van der Waals surface area contributed by atoms with Crippen LogP contribution in [-0.2, 0) is 0 Å². The van der Waals surface area contributed by atoms with Crippen LogP contribution in [0, 0.1) is 23.7 Å². The molecule has 2 aliphatic rings. The van der Waals surface area contributed by atoms with E-state index < -0.39 is 0 Å². The zero-order valence-corrected chi connectivity index (χ0v) is 21.2. The number of rotatable bonds is 6. The van der Waals surface area contributed by atoms with Crippen LogP contribution in [0.3, 0.4) is 0 Å². The maximum atomic E-state index is 2.54. The Kier molecular flexibility index (Phi) is 9.83. The predicted molar refractivity (Wildman–Crippen MR) is 135 cm³/mol. The molecule has 0 unspecified atom stereocenters. The van der Waals surface area contributed by atoms with Crippen LogP contribution in [0.4, 0.5) is 0 Å². The quantitative estimate of drug-likeness (QED) is 0.395. The number of benzene rings is 1. The van der Waals surface area contributed by atoms with Crippen molar-refractivity contribution in [2.24, 2.45) is 23.7 Å². The molecule has 0 spiro atoms. The molecule has 0 nitrogen and oxygen atoms in total. The average Bonchev–Trinajstić information content (AvgIpc) is 2.45. The average molecular weight is 412 g/mol. The summed E-state index contributed by atoms with van der Waals surface area (Å²) in [6, 6.07) is 9.75. The van der Waals surface area contributed by atoms with Crippen molar-refractivity contribution in [2.45, 2.75) is 90.9 Å². The highest BCUT2D eigenvalue weighted by Crippen LogP contribution is 2.67. The summed E-state index contributed by atoms with van der Waals surface area (Å²) in [6.45, 7) is 19.7. The normalized spacial score (nSPS) is 28.1. The van der Waals surface area contributed by atoms with Crippen molar-refractivity contribution in [3.05, 3.63) is 24.3 Å².